The van der Waals surface area contributed by atoms with Gasteiger partial charge in [0.1, 0.15) is 11.6 Å². The minimum atomic E-state index is -0.640. The molecule has 0 aliphatic carbocycles. The number of hydrogen-bond donors (Lipinski definition) is 3. The Morgan fingerprint density at radius 1 is 1.42 bits per heavy atom. The lowest BCUT2D eigenvalue weighted by molar-refractivity contribution is -0.131. The van der Waals surface area contributed by atoms with Crippen LogP contribution in [0.2, 0.25) is 0 Å². The highest BCUT2D eigenvalue weighted by molar-refractivity contribution is 6.08. The summed E-state index contributed by atoms with van der Waals surface area (Å²) in [6.45, 7) is 4.75. The van der Waals surface area contributed by atoms with Crippen molar-refractivity contribution < 1.29 is 13.9 Å². The molecule has 1 saturated heterocycles. The smallest absolute Gasteiger partial charge is 0.230 e. The number of fused-ring (bicyclic) bond motifs is 1. The number of aryl methyl sites for hydroxylation is 2. The second-order valence-corrected chi connectivity index (χ2v) is 8.78. The lowest BCUT2D eigenvalue weighted by Gasteiger charge is -2.36. The number of amides is 1. The number of nitrogens with two attached hydrogens (primary N) is 1. The fourth-order valence-electron chi connectivity index (χ4n) is 4.79. The van der Waals surface area contributed by atoms with Crippen LogP contribution in [0.1, 0.15) is 48.1 Å². The third-order valence-electron chi connectivity index (χ3n) is 6.77. The van der Waals surface area contributed by atoms with Gasteiger partial charge in [-0.2, -0.15) is 0 Å². The number of nitrogens with one attached hydrogen (secondary N) is 2. The third-order valence-corrected chi connectivity index (χ3v) is 6.77. The molecule has 4 rings (SSSR count). The molecule has 8 nitrogen and oxygen atoms in total. The minimum Gasteiger partial charge on any atom is -0.481 e. The second-order valence-electron chi connectivity index (χ2n) is 8.78. The molecule has 2 aromatic heterocycles. The van der Waals surface area contributed by atoms with Gasteiger partial charge in [-0.25, -0.2) is 14.4 Å². The van der Waals surface area contributed by atoms with Gasteiger partial charge in [-0.05, 0) is 44.7 Å². The van der Waals surface area contributed by atoms with Gasteiger partial charge in [0.05, 0.1) is 24.8 Å². The number of pyridine rings is 2. The molecule has 0 radical (unpaired) electrons. The largest absolute Gasteiger partial charge is 0.481 e. The molecule has 9 heteroatoms. The number of rotatable bonds is 5. The van der Waals surface area contributed by atoms with Crippen molar-refractivity contribution in [2.45, 2.75) is 44.6 Å². The molecule has 174 valence electrons. The zero-order valence-electron chi connectivity index (χ0n) is 19.1. The normalized spacial score (nSPS) is 20.8. The van der Waals surface area contributed by atoms with Crippen molar-refractivity contribution >= 4 is 23.5 Å². The van der Waals surface area contributed by atoms with E-state index in [-0.39, 0.29) is 22.9 Å². The topological polar surface area (TPSA) is 117 Å². The van der Waals surface area contributed by atoms with Crippen LogP contribution in [-0.2, 0) is 11.2 Å². The van der Waals surface area contributed by atoms with Gasteiger partial charge in [0.2, 0.25) is 11.8 Å². The van der Waals surface area contributed by atoms with Gasteiger partial charge in [-0.1, -0.05) is 0 Å². The number of likely N-dealkylation sites (tertiary alicyclic amines) is 1. The molecule has 0 bridgehead atoms. The first-order valence-corrected chi connectivity index (χ1v) is 11.0. The molecule has 1 amide bonds. The lowest BCUT2D eigenvalue weighted by Crippen LogP contribution is -2.46. The molecule has 0 saturated carbocycles. The molecule has 2 aliphatic heterocycles. The first-order valence-electron chi connectivity index (χ1n) is 11.0. The molecule has 1 spiro atoms. The monoisotopic (exact) mass is 452 g/mol. The predicted octanol–water partition coefficient (Wildman–Crippen LogP) is 3.01. The second kappa shape index (κ2) is 8.80. The van der Waals surface area contributed by atoms with Crippen LogP contribution in [0.15, 0.2) is 24.5 Å². The first-order chi connectivity index (χ1) is 15.8. The van der Waals surface area contributed by atoms with Crippen molar-refractivity contribution in [2.24, 2.45) is 5.73 Å². The van der Waals surface area contributed by atoms with Gasteiger partial charge < -0.3 is 26.1 Å². The highest BCUT2D eigenvalue weighted by Crippen LogP contribution is 2.38. The summed E-state index contributed by atoms with van der Waals surface area (Å²) in [6.07, 6.45) is 6.21. The number of hydrogen-bond acceptors (Lipinski definition) is 7. The highest BCUT2D eigenvalue weighted by Gasteiger charge is 2.43. The van der Waals surface area contributed by atoms with Gasteiger partial charge >= 0.3 is 0 Å². The zero-order chi connectivity index (χ0) is 23.8. The summed E-state index contributed by atoms with van der Waals surface area (Å²) in [6, 6.07) is 3.53. The molecule has 0 aromatic carbocycles. The molecule has 0 unspecified atom stereocenters. The van der Waals surface area contributed by atoms with Crippen LogP contribution >= 0.6 is 0 Å². The van der Waals surface area contributed by atoms with Gasteiger partial charge in [-0.3, -0.25) is 4.79 Å². The highest BCUT2D eigenvalue weighted by atomic mass is 19.1. The molecule has 4 heterocycles. The number of halogens is 1. The Kier molecular flexibility index (Phi) is 6.05. The Balaban J connectivity index is 1.52. The summed E-state index contributed by atoms with van der Waals surface area (Å²) in [4.78, 5) is 23.6. The number of allylic oxidation sites excluding steroid dienone is 1. The summed E-state index contributed by atoms with van der Waals surface area (Å²) in [5, 5.41) is 11.2. The van der Waals surface area contributed by atoms with Crippen LogP contribution in [-0.4, -0.2) is 52.7 Å². The third kappa shape index (κ3) is 4.15. The van der Waals surface area contributed by atoms with E-state index in [4.69, 9.17) is 20.9 Å². The standard InChI is InChI=1S/C24H29FN6O2/c1-14(18-9-21(33-3)28-12-20(18)25)23(32)31-7-6-24(13-31)5-4-16-8-19(17(10-26)11-27)15(2)29-22(16)30-24/h8-12,14,26H,4-7,13,27H2,1-3H3,(H,29,30)/b17-11+,26-10?/t14-,24+/m1/s1. The van der Waals surface area contributed by atoms with E-state index in [9.17, 15) is 9.18 Å². The molecular weight excluding hydrogens is 423 g/mol. The maximum atomic E-state index is 14.4. The molecule has 33 heavy (non-hydrogen) atoms. The van der Waals surface area contributed by atoms with Gasteiger partial charge in [0.25, 0.3) is 0 Å². The van der Waals surface area contributed by atoms with Crippen LogP contribution in [0.25, 0.3) is 5.57 Å². The van der Waals surface area contributed by atoms with E-state index in [1.54, 1.807) is 11.8 Å². The van der Waals surface area contributed by atoms with Crippen LogP contribution in [0, 0.1) is 18.2 Å². The van der Waals surface area contributed by atoms with Crippen LogP contribution in [0.5, 0.6) is 5.88 Å². The Morgan fingerprint density at radius 3 is 2.91 bits per heavy atom. The van der Waals surface area contributed by atoms with Crippen LogP contribution in [0.4, 0.5) is 10.2 Å². The van der Waals surface area contributed by atoms with Crippen LogP contribution < -0.4 is 15.8 Å². The number of anilines is 1. The Hall–Kier alpha value is -3.49. The number of methoxy groups -OCH3 is 1. The van der Waals surface area contributed by atoms with Crippen molar-refractivity contribution in [2.75, 3.05) is 25.5 Å². The van der Waals surface area contributed by atoms with Crippen molar-refractivity contribution in [1.29, 1.82) is 5.41 Å². The molecule has 1 fully saturated rings. The number of aromatic nitrogens is 2. The van der Waals surface area contributed by atoms with E-state index in [1.807, 2.05) is 13.0 Å². The average molecular weight is 453 g/mol. The molecule has 2 aliphatic rings. The maximum Gasteiger partial charge on any atom is 0.230 e. The van der Waals surface area contributed by atoms with E-state index in [0.29, 0.717) is 18.7 Å². The Labute approximate surface area is 192 Å². The lowest BCUT2D eigenvalue weighted by atomic mass is 9.86. The van der Waals surface area contributed by atoms with Crippen LogP contribution in [0.3, 0.4) is 0 Å². The molecule has 2 atom stereocenters. The number of carbonyl (C=O) groups is 1. The van der Waals surface area contributed by atoms with E-state index in [1.165, 1.54) is 25.6 Å². The zero-order valence-corrected chi connectivity index (χ0v) is 19.1. The summed E-state index contributed by atoms with van der Waals surface area (Å²) in [7, 11) is 1.46. The number of carbonyl (C=O) groups excluding carboxylic acids is 1. The summed E-state index contributed by atoms with van der Waals surface area (Å²) in [5.74, 6) is -0.170. The van der Waals surface area contributed by atoms with E-state index in [0.717, 1.165) is 48.1 Å². The summed E-state index contributed by atoms with van der Waals surface area (Å²) < 4.78 is 19.5. The van der Waals surface area contributed by atoms with Crippen molar-refractivity contribution in [1.82, 2.24) is 14.9 Å². The molecule has 4 N–H and O–H groups in total. The minimum absolute atomic E-state index is 0.116. The molecular formula is C24H29FN6O2. The van der Waals surface area contributed by atoms with Crippen molar-refractivity contribution in [3.8, 4) is 5.88 Å². The fourth-order valence-corrected chi connectivity index (χ4v) is 4.79. The van der Waals surface area contributed by atoms with E-state index in [2.05, 4.69) is 10.3 Å². The molecule has 2 aromatic rings. The van der Waals surface area contributed by atoms with Crippen molar-refractivity contribution in [3.63, 3.8) is 0 Å². The maximum absolute atomic E-state index is 14.4. The van der Waals surface area contributed by atoms with Gasteiger partial charge in [-0.15, -0.1) is 0 Å². The fraction of sp³-hybridized carbons (Fsp3) is 0.417. The number of ether oxygens (including phenoxy) is 1. The van der Waals surface area contributed by atoms with Gasteiger partial charge in [0.15, 0.2) is 0 Å². The Morgan fingerprint density at radius 2 is 2.21 bits per heavy atom. The predicted molar refractivity (Wildman–Crippen MR) is 125 cm³/mol. The first kappa shape index (κ1) is 22.7. The quantitative estimate of drug-likeness (QED) is 0.601. The summed E-state index contributed by atoms with van der Waals surface area (Å²) in [5.41, 5.74) is 9.05. The van der Waals surface area contributed by atoms with E-state index < -0.39 is 11.7 Å². The number of nitrogens with zero attached hydrogens (tertiary/aromatic N) is 3. The van der Waals surface area contributed by atoms with Crippen molar-refractivity contribution in [3.05, 3.63) is 52.7 Å². The van der Waals surface area contributed by atoms with Gasteiger partial charge in [0, 0.05) is 54.0 Å². The Bertz CT molecular complexity index is 1130. The average Bonchev–Trinajstić information content (AvgIpc) is 3.22. The summed E-state index contributed by atoms with van der Waals surface area (Å²) >= 11 is 0. The SMILES string of the molecule is COc1cc([C@@H](C)C(=O)N2CC[C@@]3(CCc4cc(/C(C=N)=C/N)c(C)nc4N3)C2)c(F)cn1. The van der Waals surface area contributed by atoms with E-state index >= 15 is 0 Å².